The highest BCUT2D eigenvalue weighted by atomic mass is 16.2. The Morgan fingerprint density at radius 2 is 1.68 bits per heavy atom. The number of carbonyl (C=O) groups excluding carboxylic acids is 3. The van der Waals surface area contributed by atoms with Gasteiger partial charge in [-0.3, -0.25) is 19.3 Å². The number of fused-ring (bicyclic) bond motifs is 4. The van der Waals surface area contributed by atoms with Crippen LogP contribution in [-0.4, -0.2) is 46.1 Å². The zero-order valence-electron chi connectivity index (χ0n) is 19.0. The van der Waals surface area contributed by atoms with Crippen molar-refractivity contribution in [3.05, 3.63) is 106 Å². The van der Waals surface area contributed by atoms with Crippen LogP contribution in [0.4, 0.5) is 0 Å². The predicted molar refractivity (Wildman–Crippen MR) is 129 cm³/mol. The molecule has 0 spiro atoms. The number of para-hydroxylation sites is 1. The molecule has 168 valence electrons. The van der Waals surface area contributed by atoms with Crippen LogP contribution in [0, 0.1) is 6.92 Å². The second-order valence-electron chi connectivity index (χ2n) is 9.00. The molecule has 0 saturated heterocycles. The number of hydrogen-bond acceptors (Lipinski definition) is 3. The number of aromatic amines is 1. The molecule has 6 nitrogen and oxygen atoms in total. The molecule has 4 aromatic rings. The maximum Gasteiger partial charge on any atom is 0.261 e. The summed E-state index contributed by atoms with van der Waals surface area (Å²) in [5.74, 6) is -0.866. The highest BCUT2D eigenvalue weighted by Gasteiger charge is 2.37. The number of nitrogens with one attached hydrogen (secondary N) is 1. The van der Waals surface area contributed by atoms with E-state index in [-0.39, 0.29) is 29.3 Å². The SMILES string of the molecule is Cc1ccccc1[C@@H]1c2[nH]c3ccccc3c2CCN1C(=O)c1ccc2c(c1)C(=O)N(C)C2=O. The maximum atomic E-state index is 13.9. The molecule has 0 bridgehead atoms. The van der Waals surface area contributed by atoms with E-state index in [1.807, 2.05) is 29.2 Å². The number of amides is 3. The summed E-state index contributed by atoms with van der Waals surface area (Å²) in [5, 5.41) is 1.19. The van der Waals surface area contributed by atoms with Crippen LogP contribution in [-0.2, 0) is 6.42 Å². The molecule has 6 heteroatoms. The van der Waals surface area contributed by atoms with Gasteiger partial charge in [0.2, 0.25) is 0 Å². The van der Waals surface area contributed by atoms with E-state index in [1.165, 1.54) is 18.0 Å². The third-order valence-electron chi connectivity index (χ3n) is 7.11. The summed E-state index contributed by atoms with van der Waals surface area (Å²) in [6.07, 6.45) is 0.735. The summed E-state index contributed by atoms with van der Waals surface area (Å²) >= 11 is 0. The third-order valence-corrected chi connectivity index (χ3v) is 7.11. The zero-order chi connectivity index (χ0) is 23.6. The summed E-state index contributed by atoms with van der Waals surface area (Å²) in [6.45, 7) is 2.61. The van der Waals surface area contributed by atoms with Gasteiger partial charge in [-0.05, 0) is 54.3 Å². The summed E-state index contributed by atoms with van der Waals surface area (Å²) < 4.78 is 0. The van der Waals surface area contributed by atoms with Gasteiger partial charge >= 0.3 is 0 Å². The van der Waals surface area contributed by atoms with Gasteiger partial charge in [-0.25, -0.2) is 0 Å². The molecule has 1 atom stereocenters. The van der Waals surface area contributed by atoms with Gasteiger partial charge in [-0.1, -0.05) is 42.5 Å². The number of rotatable bonds is 2. The van der Waals surface area contributed by atoms with Crippen LogP contribution in [0.2, 0.25) is 0 Å². The minimum atomic E-state index is -0.373. The Morgan fingerprint density at radius 1 is 0.941 bits per heavy atom. The first-order valence-corrected chi connectivity index (χ1v) is 11.4. The third kappa shape index (κ3) is 2.85. The first-order valence-electron chi connectivity index (χ1n) is 11.4. The maximum absolute atomic E-state index is 13.9. The van der Waals surface area contributed by atoms with Gasteiger partial charge in [-0.15, -0.1) is 0 Å². The van der Waals surface area contributed by atoms with Gasteiger partial charge in [0.1, 0.15) is 0 Å². The van der Waals surface area contributed by atoms with E-state index >= 15 is 0 Å². The number of aromatic nitrogens is 1. The van der Waals surface area contributed by atoms with Crippen molar-refractivity contribution in [3.8, 4) is 0 Å². The number of aryl methyl sites for hydroxylation is 1. The molecule has 0 aliphatic carbocycles. The average molecular weight is 450 g/mol. The first-order chi connectivity index (χ1) is 16.5. The van der Waals surface area contributed by atoms with E-state index in [0.717, 1.165) is 33.7 Å². The lowest BCUT2D eigenvalue weighted by molar-refractivity contribution is 0.0685. The van der Waals surface area contributed by atoms with Gasteiger partial charge in [0.25, 0.3) is 17.7 Å². The fourth-order valence-corrected chi connectivity index (χ4v) is 5.34. The molecular weight excluding hydrogens is 426 g/mol. The monoisotopic (exact) mass is 449 g/mol. The largest absolute Gasteiger partial charge is 0.356 e. The van der Waals surface area contributed by atoms with Crippen LogP contribution < -0.4 is 0 Å². The number of carbonyl (C=O) groups is 3. The molecule has 0 saturated carbocycles. The van der Waals surface area contributed by atoms with Crippen molar-refractivity contribution in [2.45, 2.75) is 19.4 Å². The lowest BCUT2D eigenvalue weighted by Crippen LogP contribution is -2.41. The Morgan fingerprint density at radius 3 is 2.50 bits per heavy atom. The highest BCUT2D eigenvalue weighted by Crippen LogP contribution is 2.40. The lowest BCUT2D eigenvalue weighted by Gasteiger charge is -2.37. The fraction of sp³-hybridized carbons (Fsp3) is 0.179. The number of hydrogen-bond donors (Lipinski definition) is 1. The molecule has 0 radical (unpaired) electrons. The van der Waals surface area contributed by atoms with Gasteiger partial charge in [-0.2, -0.15) is 0 Å². The Balaban J connectivity index is 1.48. The average Bonchev–Trinajstić information content (AvgIpc) is 3.34. The van der Waals surface area contributed by atoms with Crippen molar-refractivity contribution in [1.82, 2.24) is 14.8 Å². The molecule has 1 aromatic heterocycles. The molecule has 34 heavy (non-hydrogen) atoms. The van der Waals surface area contributed by atoms with E-state index in [2.05, 4.69) is 36.2 Å². The summed E-state index contributed by atoms with van der Waals surface area (Å²) in [7, 11) is 1.46. The minimum Gasteiger partial charge on any atom is -0.356 e. The molecule has 0 unspecified atom stereocenters. The van der Waals surface area contributed by atoms with Crippen LogP contribution in [0.15, 0.2) is 66.7 Å². The first kappa shape index (κ1) is 20.4. The molecule has 2 aliphatic heterocycles. The second kappa shape index (κ2) is 7.42. The predicted octanol–water partition coefficient (Wildman–Crippen LogP) is 4.49. The zero-order valence-corrected chi connectivity index (χ0v) is 19.0. The smallest absolute Gasteiger partial charge is 0.261 e. The standard InChI is InChI=1S/C28H23N3O3/c1-16-7-3-4-8-18(16)25-24-20(19-9-5-6-10-23(19)29-24)13-14-31(25)26(32)17-11-12-21-22(15-17)28(34)30(2)27(21)33/h3-12,15,25,29H,13-14H2,1-2H3/t25-/m1/s1. The van der Waals surface area contributed by atoms with Crippen molar-refractivity contribution >= 4 is 28.6 Å². The number of nitrogens with zero attached hydrogens (tertiary/aromatic N) is 2. The number of imide groups is 1. The summed E-state index contributed by atoms with van der Waals surface area (Å²) in [4.78, 5) is 45.3. The highest BCUT2D eigenvalue weighted by molar-refractivity contribution is 6.21. The van der Waals surface area contributed by atoms with Crippen molar-refractivity contribution in [2.75, 3.05) is 13.6 Å². The molecule has 0 fully saturated rings. The fourth-order valence-electron chi connectivity index (χ4n) is 5.34. The summed E-state index contributed by atoms with van der Waals surface area (Å²) in [5.41, 5.74) is 6.54. The Bertz CT molecular complexity index is 1520. The molecule has 2 aliphatic rings. The van der Waals surface area contributed by atoms with Crippen LogP contribution >= 0.6 is 0 Å². The molecule has 3 aromatic carbocycles. The minimum absolute atomic E-state index is 0.157. The van der Waals surface area contributed by atoms with Gasteiger partial charge < -0.3 is 9.88 Å². The van der Waals surface area contributed by atoms with E-state index in [1.54, 1.807) is 18.2 Å². The normalized spacial score (nSPS) is 17.3. The van der Waals surface area contributed by atoms with Crippen LogP contribution in [0.5, 0.6) is 0 Å². The quantitative estimate of drug-likeness (QED) is 0.458. The topological polar surface area (TPSA) is 73.5 Å². The Kier molecular flexibility index (Phi) is 4.45. The van der Waals surface area contributed by atoms with E-state index < -0.39 is 0 Å². The summed E-state index contributed by atoms with van der Waals surface area (Å²) in [6, 6.07) is 20.9. The van der Waals surface area contributed by atoms with Crippen LogP contribution in [0.25, 0.3) is 10.9 Å². The van der Waals surface area contributed by atoms with Crippen molar-refractivity contribution in [3.63, 3.8) is 0 Å². The molecule has 3 heterocycles. The van der Waals surface area contributed by atoms with Crippen molar-refractivity contribution in [1.29, 1.82) is 0 Å². The molecule has 3 amide bonds. The number of benzene rings is 3. The van der Waals surface area contributed by atoms with Gasteiger partial charge in [0.15, 0.2) is 0 Å². The number of H-pyrrole nitrogens is 1. The van der Waals surface area contributed by atoms with E-state index in [9.17, 15) is 14.4 Å². The van der Waals surface area contributed by atoms with E-state index in [0.29, 0.717) is 17.7 Å². The molecule has 1 N–H and O–H groups in total. The molecule has 6 rings (SSSR count). The van der Waals surface area contributed by atoms with Crippen LogP contribution in [0.3, 0.4) is 0 Å². The van der Waals surface area contributed by atoms with Crippen molar-refractivity contribution in [2.24, 2.45) is 0 Å². The van der Waals surface area contributed by atoms with E-state index in [4.69, 9.17) is 0 Å². The second-order valence-corrected chi connectivity index (χ2v) is 9.00. The van der Waals surface area contributed by atoms with Gasteiger partial charge in [0, 0.05) is 35.8 Å². The van der Waals surface area contributed by atoms with Gasteiger partial charge in [0.05, 0.1) is 17.2 Å². The Hall–Kier alpha value is -4.19. The lowest BCUT2D eigenvalue weighted by atomic mass is 9.89. The molecular formula is C28H23N3O3. The Labute approximate surface area is 196 Å². The van der Waals surface area contributed by atoms with Crippen molar-refractivity contribution < 1.29 is 14.4 Å². The van der Waals surface area contributed by atoms with Crippen LogP contribution in [0.1, 0.15) is 59.5 Å².